The van der Waals surface area contributed by atoms with Gasteiger partial charge >= 0.3 is 11.9 Å². The fourth-order valence-electron chi connectivity index (χ4n) is 1.97. The number of hydrogen-bond donors (Lipinski definition) is 7. The summed E-state index contributed by atoms with van der Waals surface area (Å²) in [5.41, 5.74) is 10.9. The molecule has 154 valence electrons. The Morgan fingerprint density at radius 2 is 1.63 bits per heavy atom. The van der Waals surface area contributed by atoms with Crippen LogP contribution in [0.5, 0.6) is 0 Å². The van der Waals surface area contributed by atoms with E-state index in [4.69, 9.17) is 21.7 Å². The maximum Gasteiger partial charge on any atom is 0.325 e. The molecule has 3 unspecified atom stereocenters. The van der Waals surface area contributed by atoms with Crippen LogP contribution in [0, 0.1) is 0 Å². The van der Waals surface area contributed by atoms with Crippen molar-refractivity contribution in [1.82, 2.24) is 16.0 Å². The molecular formula is C15H27N5O7. The Morgan fingerprint density at radius 1 is 1.00 bits per heavy atom. The zero-order valence-electron chi connectivity index (χ0n) is 15.1. The number of rotatable bonds is 13. The molecule has 0 aromatic heterocycles. The predicted molar refractivity (Wildman–Crippen MR) is 93.3 cm³/mol. The number of carbonyl (C=O) groups is 5. The van der Waals surface area contributed by atoms with Gasteiger partial charge in [0.2, 0.25) is 17.7 Å². The molecule has 0 heterocycles. The Balaban J connectivity index is 4.73. The van der Waals surface area contributed by atoms with E-state index in [-0.39, 0.29) is 6.42 Å². The molecule has 12 nitrogen and oxygen atoms in total. The van der Waals surface area contributed by atoms with Gasteiger partial charge in [-0.15, -0.1) is 0 Å². The molecule has 3 amide bonds. The number of aliphatic carboxylic acids is 2. The number of unbranched alkanes of at least 4 members (excludes halogenated alkanes) is 1. The summed E-state index contributed by atoms with van der Waals surface area (Å²) in [5.74, 6) is -4.69. The third-order valence-corrected chi connectivity index (χ3v) is 3.48. The highest BCUT2D eigenvalue weighted by Crippen LogP contribution is 2.02. The number of carbonyl (C=O) groups excluding carboxylic acids is 3. The molecule has 0 rings (SSSR count). The Labute approximate surface area is 156 Å². The highest BCUT2D eigenvalue weighted by molar-refractivity contribution is 5.93. The van der Waals surface area contributed by atoms with Gasteiger partial charge in [-0.05, 0) is 32.7 Å². The van der Waals surface area contributed by atoms with Gasteiger partial charge in [0, 0.05) is 0 Å². The zero-order valence-corrected chi connectivity index (χ0v) is 15.1. The first-order valence-electron chi connectivity index (χ1n) is 8.36. The van der Waals surface area contributed by atoms with Gasteiger partial charge in [-0.25, -0.2) is 0 Å². The fourth-order valence-corrected chi connectivity index (χ4v) is 1.97. The van der Waals surface area contributed by atoms with Crippen LogP contribution in [0.4, 0.5) is 0 Å². The molecule has 0 spiro atoms. The van der Waals surface area contributed by atoms with Crippen molar-refractivity contribution < 1.29 is 34.2 Å². The Morgan fingerprint density at radius 3 is 2.15 bits per heavy atom. The van der Waals surface area contributed by atoms with E-state index >= 15 is 0 Å². The molecule has 0 radical (unpaired) electrons. The minimum atomic E-state index is -1.33. The number of hydrogen-bond acceptors (Lipinski definition) is 7. The highest BCUT2D eigenvalue weighted by Gasteiger charge is 2.25. The van der Waals surface area contributed by atoms with Crippen LogP contribution in [0.3, 0.4) is 0 Å². The molecular weight excluding hydrogens is 362 g/mol. The lowest BCUT2D eigenvalue weighted by Crippen LogP contribution is -2.53. The molecule has 3 atom stereocenters. The molecule has 0 aliphatic carbocycles. The standard InChI is InChI=1S/C15H27N5O7/c1-8(15(26)27)19-11(21)7-18-14(25)10(4-2-3-5-16)20-13(24)9(17)6-12(22)23/h8-10H,2-7,16-17H2,1H3,(H,18,25)(H,19,21)(H,20,24)(H,22,23)(H,26,27). The van der Waals surface area contributed by atoms with E-state index in [9.17, 15) is 24.0 Å². The van der Waals surface area contributed by atoms with Gasteiger partial charge in [-0.3, -0.25) is 24.0 Å². The lowest BCUT2D eigenvalue weighted by atomic mass is 10.1. The van der Waals surface area contributed by atoms with Gasteiger partial charge in [-0.1, -0.05) is 0 Å². The number of nitrogens with one attached hydrogen (secondary N) is 3. The maximum absolute atomic E-state index is 12.2. The smallest absolute Gasteiger partial charge is 0.325 e. The number of carboxylic acid groups (broad SMARTS) is 2. The zero-order chi connectivity index (χ0) is 21.0. The second kappa shape index (κ2) is 12.6. The van der Waals surface area contributed by atoms with E-state index in [1.54, 1.807) is 0 Å². The van der Waals surface area contributed by atoms with Crippen LogP contribution in [0.15, 0.2) is 0 Å². The predicted octanol–water partition coefficient (Wildman–Crippen LogP) is -2.89. The Kier molecular flexibility index (Phi) is 11.3. The molecule has 0 aromatic rings. The Hall–Kier alpha value is -2.73. The third kappa shape index (κ3) is 10.8. The normalized spacial score (nSPS) is 13.7. The largest absolute Gasteiger partial charge is 0.481 e. The van der Waals surface area contributed by atoms with Crippen LogP contribution < -0.4 is 27.4 Å². The second-order valence-corrected chi connectivity index (χ2v) is 5.90. The molecule has 0 aliphatic heterocycles. The molecule has 9 N–H and O–H groups in total. The number of carboxylic acids is 2. The lowest BCUT2D eigenvalue weighted by molar-refractivity contribution is -0.141. The fraction of sp³-hybridized carbons (Fsp3) is 0.667. The summed E-state index contributed by atoms with van der Waals surface area (Å²) < 4.78 is 0. The molecule has 0 saturated heterocycles. The van der Waals surface area contributed by atoms with Gasteiger partial charge in [-0.2, -0.15) is 0 Å². The third-order valence-electron chi connectivity index (χ3n) is 3.48. The summed E-state index contributed by atoms with van der Waals surface area (Å²) in [5, 5.41) is 24.2. The van der Waals surface area contributed by atoms with E-state index in [2.05, 4.69) is 16.0 Å². The summed E-state index contributed by atoms with van der Waals surface area (Å²) in [7, 11) is 0. The van der Waals surface area contributed by atoms with Crippen LogP contribution in [0.2, 0.25) is 0 Å². The summed E-state index contributed by atoms with van der Waals surface area (Å²) >= 11 is 0. The molecule has 0 aliphatic rings. The van der Waals surface area contributed by atoms with Crippen molar-refractivity contribution in [2.45, 2.75) is 50.7 Å². The average molecular weight is 389 g/mol. The van der Waals surface area contributed by atoms with Gasteiger partial charge < -0.3 is 37.6 Å². The molecule has 12 heteroatoms. The van der Waals surface area contributed by atoms with Crippen molar-refractivity contribution in [2.75, 3.05) is 13.1 Å². The second-order valence-electron chi connectivity index (χ2n) is 5.90. The van der Waals surface area contributed by atoms with Crippen molar-refractivity contribution in [2.24, 2.45) is 11.5 Å². The number of amides is 3. The van der Waals surface area contributed by atoms with Crippen LogP contribution in [0.25, 0.3) is 0 Å². The molecule has 27 heavy (non-hydrogen) atoms. The van der Waals surface area contributed by atoms with Crippen molar-refractivity contribution in [3.63, 3.8) is 0 Å². The molecule has 0 fully saturated rings. The number of nitrogens with two attached hydrogens (primary N) is 2. The van der Waals surface area contributed by atoms with Crippen LogP contribution in [0.1, 0.15) is 32.6 Å². The van der Waals surface area contributed by atoms with E-state index in [0.717, 1.165) is 0 Å². The minimum Gasteiger partial charge on any atom is -0.481 e. The summed E-state index contributed by atoms with van der Waals surface area (Å²) in [6.45, 7) is 1.17. The monoisotopic (exact) mass is 389 g/mol. The SMILES string of the molecule is CC(NC(=O)CNC(=O)C(CCCCN)NC(=O)C(N)CC(=O)O)C(=O)O. The van der Waals surface area contributed by atoms with E-state index in [1.807, 2.05) is 0 Å². The highest BCUT2D eigenvalue weighted by atomic mass is 16.4. The first kappa shape index (κ1) is 24.3. The summed E-state index contributed by atoms with van der Waals surface area (Å²) in [6.07, 6.45) is 0.711. The van der Waals surface area contributed by atoms with Crippen LogP contribution in [-0.4, -0.2) is 71.1 Å². The minimum absolute atomic E-state index is 0.210. The average Bonchev–Trinajstić information content (AvgIpc) is 2.57. The molecule has 0 aromatic carbocycles. The first-order valence-corrected chi connectivity index (χ1v) is 8.36. The quantitative estimate of drug-likeness (QED) is 0.161. The summed E-state index contributed by atoms with van der Waals surface area (Å²) in [4.78, 5) is 57.1. The van der Waals surface area contributed by atoms with Gasteiger partial charge in [0.25, 0.3) is 0 Å². The summed E-state index contributed by atoms with van der Waals surface area (Å²) in [6, 6.07) is -3.48. The van der Waals surface area contributed by atoms with Crippen molar-refractivity contribution in [3.8, 4) is 0 Å². The van der Waals surface area contributed by atoms with Crippen molar-refractivity contribution in [1.29, 1.82) is 0 Å². The maximum atomic E-state index is 12.2. The van der Waals surface area contributed by atoms with E-state index in [0.29, 0.717) is 19.4 Å². The van der Waals surface area contributed by atoms with Gasteiger partial charge in [0.05, 0.1) is 19.0 Å². The van der Waals surface area contributed by atoms with Gasteiger partial charge in [0.15, 0.2) is 0 Å². The van der Waals surface area contributed by atoms with Crippen molar-refractivity contribution in [3.05, 3.63) is 0 Å². The van der Waals surface area contributed by atoms with Crippen molar-refractivity contribution >= 4 is 29.7 Å². The van der Waals surface area contributed by atoms with E-state index < -0.39 is 60.8 Å². The molecule has 0 bridgehead atoms. The first-order chi connectivity index (χ1) is 12.6. The topological polar surface area (TPSA) is 214 Å². The van der Waals surface area contributed by atoms with Crippen LogP contribution in [-0.2, 0) is 24.0 Å². The van der Waals surface area contributed by atoms with Crippen LogP contribution >= 0.6 is 0 Å². The van der Waals surface area contributed by atoms with Gasteiger partial charge in [0.1, 0.15) is 12.1 Å². The molecule has 0 saturated carbocycles. The lowest BCUT2D eigenvalue weighted by Gasteiger charge is -2.20. The van der Waals surface area contributed by atoms with E-state index in [1.165, 1.54) is 6.92 Å². The Bertz CT molecular complexity index is 555.